The number of amides is 1. The van der Waals surface area contributed by atoms with Crippen molar-refractivity contribution < 1.29 is 9.72 Å². The number of rotatable bonds is 7. The summed E-state index contributed by atoms with van der Waals surface area (Å²) in [4.78, 5) is 22.9. The van der Waals surface area contributed by atoms with Gasteiger partial charge in [-0.1, -0.05) is 35.2 Å². The van der Waals surface area contributed by atoms with Gasteiger partial charge in [0.05, 0.1) is 16.6 Å². The number of nitrogens with one attached hydrogen (secondary N) is 1. The van der Waals surface area contributed by atoms with E-state index in [1.165, 1.54) is 35.2 Å². The first-order valence-corrected chi connectivity index (χ1v) is 10.8. The highest BCUT2D eigenvalue weighted by Gasteiger charge is 2.13. The van der Waals surface area contributed by atoms with Crippen molar-refractivity contribution in [1.29, 1.82) is 5.26 Å². The van der Waals surface area contributed by atoms with Crippen LogP contribution in [0.25, 0.3) is 10.9 Å². The molecular formula is C20H14N6O3S2. The van der Waals surface area contributed by atoms with Gasteiger partial charge in [-0.3, -0.25) is 20.2 Å². The number of benzene rings is 2. The number of hydrogen-bond donors (Lipinski definition) is 1. The lowest BCUT2D eigenvalue weighted by molar-refractivity contribution is -0.384. The lowest BCUT2D eigenvalue weighted by atomic mass is 10.2. The lowest BCUT2D eigenvalue weighted by Gasteiger charge is -2.05. The van der Waals surface area contributed by atoms with Gasteiger partial charge in [0, 0.05) is 35.0 Å². The van der Waals surface area contributed by atoms with Crippen molar-refractivity contribution >= 4 is 50.7 Å². The maximum absolute atomic E-state index is 12.4. The predicted molar refractivity (Wildman–Crippen MR) is 118 cm³/mol. The second kappa shape index (κ2) is 8.95. The summed E-state index contributed by atoms with van der Waals surface area (Å²) >= 11 is 2.78. The summed E-state index contributed by atoms with van der Waals surface area (Å²) in [5, 5.41) is 31.7. The number of nitrogens with zero attached hydrogens (tertiary/aromatic N) is 5. The summed E-state index contributed by atoms with van der Waals surface area (Å²) in [7, 11) is 0. The molecule has 0 unspecified atom stereocenters. The molecule has 0 saturated heterocycles. The van der Waals surface area contributed by atoms with Gasteiger partial charge in [0.15, 0.2) is 4.34 Å². The average Bonchev–Trinajstić information content (AvgIpc) is 3.39. The minimum Gasteiger partial charge on any atom is -0.338 e. The van der Waals surface area contributed by atoms with E-state index in [-0.39, 0.29) is 18.1 Å². The molecule has 31 heavy (non-hydrogen) atoms. The molecule has 2 aromatic carbocycles. The van der Waals surface area contributed by atoms with Crippen molar-refractivity contribution in [2.45, 2.75) is 16.6 Å². The molecule has 0 saturated carbocycles. The number of nitriles is 1. The summed E-state index contributed by atoms with van der Waals surface area (Å²) in [6.07, 6.45) is 1.72. The maximum Gasteiger partial charge on any atom is 0.270 e. The summed E-state index contributed by atoms with van der Waals surface area (Å²) in [5.41, 5.74) is 2.42. The quantitative estimate of drug-likeness (QED) is 0.193. The highest BCUT2D eigenvalue weighted by molar-refractivity contribution is 8.00. The van der Waals surface area contributed by atoms with Crippen LogP contribution in [0.1, 0.15) is 11.1 Å². The molecule has 9 nitrogen and oxygen atoms in total. The zero-order valence-electron chi connectivity index (χ0n) is 15.9. The Bertz CT molecular complexity index is 1310. The molecule has 1 amide bonds. The number of nitro groups is 1. The van der Waals surface area contributed by atoms with Gasteiger partial charge in [-0.05, 0) is 29.8 Å². The summed E-state index contributed by atoms with van der Waals surface area (Å²) < 4.78 is 2.44. The zero-order valence-corrected chi connectivity index (χ0v) is 17.5. The van der Waals surface area contributed by atoms with Crippen molar-refractivity contribution in [1.82, 2.24) is 14.8 Å². The van der Waals surface area contributed by atoms with Crippen LogP contribution in [0, 0.1) is 21.4 Å². The Labute approximate surface area is 184 Å². The molecule has 0 atom stereocenters. The fourth-order valence-corrected chi connectivity index (χ4v) is 4.62. The van der Waals surface area contributed by atoms with E-state index in [4.69, 9.17) is 5.26 Å². The monoisotopic (exact) mass is 450 g/mol. The summed E-state index contributed by atoms with van der Waals surface area (Å²) in [6.45, 7) is 0.0502. The molecular weight excluding hydrogens is 436 g/mol. The Morgan fingerprint density at radius 2 is 2.03 bits per heavy atom. The number of fused-ring (bicyclic) bond motifs is 1. The minimum atomic E-state index is -0.449. The Kier molecular flexibility index (Phi) is 5.92. The highest BCUT2D eigenvalue weighted by Crippen LogP contribution is 2.28. The molecule has 0 spiro atoms. The topological polar surface area (TPSA) is 127 Å². The average molecular weight is 451 g/mol. The second-order valence-corrected chi connectivity index (χ2v) is 8.66. The van der Waals surface area contributed by atoms with Crippen LogP contribution in [-0.2, 0) is 17.1 Å². The molecule has 1 N–H and O–H groups in total. The molecule has 154 valence electrons. The first kappa shape index (κ1) is 20.5. The fourth-order valence-electron chi connectivity index (χ4n) is 2.89. The lowest BCUT2D eigenvalue weighted by Crippen LogP contribution is -2.18. The molecule has 0 aliphatic heterocycles. The van der Waals surface area contributed by atoms with Crippen molar-refractivity contribution in [3.63, 3.8) is 0 Å². The van der Waals surface area contributed by atoms with Crippen LogP contribution in [-0.4, -0.2) is 25.6 Å². The second-order valence-electron chi connectivity index (χ2n) is 6.46. The van der Waals surface area contributed by atoms with Crippen LogP contribution in [0.5, 0.6) is 0 Å². The minimum absolute atomic E-state index is 0.00889. The number of carbonyl (C=O) groups is 1. The first-order chi connectivity index (χ1) is 15.0. The van der Waals surface area contributed by atoms with Crippen LogP contribution in [0.3, 0.4) is 0 Å². The van der Waals surface area contributed by atoms with Crippen molar-refractivity contribution in [3.8, 4) is 6.07 Å². The van der Waals surface area contributed by atoms with Crippen LogP contribution < -0.4 is 5.32 Å². The van der Waals surface area contributed by atoms with E-state index >= 15 is 0 Å². The van der Waals surface area contributed by atoms with Gasteiger partial charge in [0.1, 0.15) is 6.54 Å². The van der Waals surface area contributed by atoms with Gasteiger partial charge in [-0.15, -0.1) is 10.2 Å². The molecule has 0 aliphatic carbocycles. The summed E-state index contributed by atoms with van der Waals surface area (Å²) in [6, 6.07) is 15.7. The van der Waals surface area contributed by atoms with Gasteiger partial charge >= 0.3 is 0 Å². The van der Waals surface area contributed by atoms with E-state index in [1.807, 2.05) is 12.1 Å². The third-order valence-electron chi connectivity index (χ3n) is 4.38. The van der Waals surface area contributed by atoms with Gasteiger partial charge in [-0.2, -0.15) is 5.26 Å². The number of non-ortho nitro benzene ring substituents is 1. The van der Waals surface area contributed by atoms with Gasteiger partial charge in [-0.25, -0.2) is 0 Å². The van der Waals surface area contributed by atoms with E-state index < -0.39 is 4.92 Å². The molecule has 4 rings (SSSR count). The SMILES string of the molecule is N#Cc1ccc(CSc2nnc(NC(=O)Cn3ccc4cc([N+](=O)[O-])ccc43)s2)cc1. The van der Waals surface area contributed by atoms with Gasteiger partial charge in [0.25, 0.3) is 5.69 Å². The molecule has 0 fully saturated rings. The van der Waals surface area contributed by atoms with Crippen LogP contribution in [0.2, 0.25) is 0 Å². The number of thioether (sulfide) groups is 1. The molecule has 0 bridgehead atoms. The van der Waals surface area contributed by atoms with Crippen molar-refractivity contribution in [2.75, 3.05) is 5.32 Å². The fraction of sp³-hybridized carbons (Fsp3) is 0.100. The van der Waals surface area contributed by atoms with Crippen molar-refractivity contribution in [2.24, 2.45) is 0 Å². The van der Waals surface area contributed by atoms with Gasteiger partial charge < -0.3 is 4.57 Å². The third kappa shape index (κ3) is 4.88. The molecule has 11 heteroatoms. The molecule has 2 aromatic heterocycles. The molecule has 0 aliphatic rings. The van der Waals surface area contributed by atoms with E-state index in [9.17, 15) is 14.9 Å². The van der Waals surface area contributed by atoms with E-state index in [2.05, 4.69) is 21.6 Å². The Morgan fingerprint density at radius 1 is 1.23 bits per heavy atom. The van der Waals surface area contributed by atoms with Crippen LogP contribution >= 0.6 is 23.1 Å². The Hall–Kier alpha value is -3.75. The molecule has 2 heterocycles. The number of anilines is 1. The molecule has 4 aromatic rings. The van der Waals surface area contributed by atoms with Crippen LogP contribution in [0.15, 0.2) is 59.1 Å². The van der Waals surface area contributed by atoms with Crippen molar-refractivity contribution in [3.05, 3.63) is 76.0 Å². The maximum atomic E-state index is 12.4. The number of carbonyl (C=O) groups excluding carboxylic acids is 1. The molecule has 0 radical (unpaired) electrons. The van der Waals surface area contributed by atoms with E-state index in [0.717, 1.165) is 15.4 Å². The number of nitro benzene ring substituents is 1. The largest absolute Gasteiger partial charge is 0.338 e. The predicted octanol–water partition coefficient (Wildman–Crippen LogP) is 4.20. The van der Waals surface area contributed by atoms with E-state index in [0.29, 0.717) is 21.8 Å². The first-order valence-electron chi connectivity index (χ1n) is 9.00. The van der Waals surface area contributed by atoms with E-state index in [1.54, 1.807) is 35.0 Å². The number of hydrogen-bond acceptors (Lipinski definition) is 8. The smallest absolute Gasteiger partial charge is 0.270 e. The zero-order chi connectivity index (χ0) is 21.8. The Morgan fingerprint density at radius 3 is 2.77 bits per heavy atom. The van der Waals surface area contributed by atoms with Crippen LogP contribution in [0.4, 0.5) is 10.8 Å². The summed E-state index contributed by atoms with van der Waals surface area (Å²) in [5.74, 6) is 0.408. The Balaban J connectivity index is 1.35. The third-order valence-corrected chi connectivity index (χ3v) is 6.42. The normalized spacial score (nSPS) is 10.7. The van der Waals surface area contributed by atoms with Gasteiger partial charge in [0.2, 0.25) is 11.0 Å². The number of aromatic nitrogens is 3. The highest BCUT2D eigenvalue weighted by atomic mass is 32.2. The standard InChI is InChI=1S/C20H14N6O3S2/c21-10-13-1-3-14(4-2-13)12-30-20-24-23-19(31-20)22-18(27)11-25-8-7-15-9-16(26(28)29)5-6-17(15)25/h1-9H,11-12H2,(H,22,23,27).